The second-order valence-electron chi connectivity index (χ2n) is 6.64. The molecule has 0 aliphatic rings. The molecular weight excluding hydrogens is 397 g/mol. The van der Waals surface area contributed by atoms with Gasteiger partial charge in [0.15, 0.2) is 11.6 Å². The lowest BCUT2D eigenvalue weighted by atomic mass is 10.2. The number of aromatic nitrogens is 2. The number of hydrogen-bond acceptors (Lipinski definition) is 6. The van der Waals surface area contributed by atoms with Crippen LogP contribution < -0.4 is 20.7 Å². The first kappa shape index (κ1) is 21.8. The van der Waals surface area contributed by atoms with Crippen LogP contribution in [-0.4, -0.2) is 22.5 Å². The maximum absolute atomic E-state index is 14.3. The van der Waals surface area contributed by atoms with Crippen LogP contribution in [0.4, 0.5) is 33.2 Å². The first-order chi connectivity index (χ1) is 15.1. The van der Waals surface area contributed by atoms with Crippen molar-refractivity contribution in [2.45, 2.75) is 19.8 Å². The van der Waals surface area contributed by atoms with Crippen molar-refractivity contribution in [3.05, 3.63) is 73.2 Å². The van der Waals surface area contributed by atoms with Gasteiger partial charge in [0.1, 0.15) is 5.75 Å². The van der Waals surface area contributed by atoms with E-state index < -0.39 is 5.82 Å². The topological polar surface area (TPSA) is 88.2 Å². The summed E-state index contributed by atoms with van der Waals surface area (Å²) in [6, 6.07) is 14.2. The Bertz CT molecular complexity index is 1060. The van der Waals surface area contributed by atoms with Crippen LogP contribution in [0, 0.1) is 5.82 Å². The van der Waals surface area contributed by atoms with Crippen LogP contribution in [0.2, 0.25) is 0 Å². The Labute approximate surface area is 180 Å². The highest BCUT2D eigenvalue weighted by molar-refractivity contribution is 5.99. The smallest absolute Gasteiger partial charge is 0.247 e. The van der Waals surface area contributed by atoms with E-state index in [2.05, 4.69) is 39.4 Å². The molecule has 0 fully saturated rings. The summed E-state index contributed by atoms with van der Waals surface area (Å²) in [5.74, 6) is 0.0172. The number of carbonyl (C=O) groups excluding carboxylic acids is 1. The van der Waals surface area contributed by atoms with Gasteiger partial charge in [-0.05, 0) is 42.8 Å². The Kier molecular flexibility index (Phi) is 7.53. The fraction of sp³-hybridized carbons (Fsp3) is 0.174. The quantitative estimate of drug-likeness (QED) is 0.300. The molecule has 2 aromatic carbocycles. The fourth-order valence-corrected chi connectivity index (χ4v) is 2.65. The average Bonchev–Trinajstić information content (AvgIpc) is 2.77. The fourth-order valence-electron chi connectivity index (χ4n) is 2.65. The first-order valence-electron chi connectivity index (χ1n) is 9.90. The standard InChI is InChI=1S/C23H24FN5O2/c1-3-5-12-31-19-11-7-10-18(14-19)28-23-25-15-20(24)22(29-23)27-17-9-6-8-16(13-17)26-21(30)4-2/h4,6-11,13-15H,2-3,5,12H2,1H3,(H,26,30)(H2,25,27,28,29). The number of amides is 1. The molecule has 0 unspecified atom stereocenters. The highest BCUT2D eigenvalue weighted by Gasteiger charge is 2.09. The molecule has 0 spiro atoms. The minimum Gasteiger partial charge on any atom is -0.494 e. The predicted molar refractivity (Wildman–Crippen MR) is 121 cm³/mol. The van der Waals surface area contributed by atoms with E-state index in [1.807, 2.05) is 24.3 Å². The number of hydrogen-bond donors (Lipinski definition) is 3. The molecule has 0 bridgehead atoms. The van der Waals surface area contributed by atoms with E-state index in [1.54, 1.807) is 24.3 Å². The molecule has 0 radical (unpaired) electrons. The average molecular weight is 421 g/mol. The maximum Gasteiger partial charge on any atom is 0.247 e. The van der Waals surface area contributed by atoms with Crippen LogP contribution in [0.5, 0.6) is 5.75 Å². The third-order valence-electron chi connectivity index (χ3n) is 4.18. The van der Waals surface area contributed by atoms with Gasteiger partial charge in [0.05, 0.1) is 12.8 Å². The molecule has 8 heteroatoms. The second kappa shape index (κ2) is 10.7. The minimum absolute atomic E-state index is 0.0000441. The van der Waals surface area contributed by atoms with Gasteiger partial charge in [0, 0.05) is 23.1 Å². The summed E-state index contributed by atoms with van der Waals surface area (Å²) in [5.41, 5.74) is 1.82. The van der Waals surface area contributed by atoms with Crippen LogP contribution in [-0.2, 0) is 4.79 Å². The summed E-state index contributed by atoms with van der Waals surface area (Å²) in [7, 11) is 0. The summed E-state index contributed by atoms with van der Waals surface area (Å²) in [4.78, 5) is 19.7. The van der Waals surface area contributed by atoms with Crippen molar-refractivity contribution in [3.63, 3.8) is 0 Å². The zero-order valence-corrected chi connectivity index (χ0v) is 17.2. The molecule has 0 saturated heterocycles. The lowest BCUT2D eigenvalue weighted by molar-refractivity contribution is -0.111. The summed E-state index contributed by atoms with van der Waals surface area (Å²) in [5, 5.41) is 8.62. The van der Waals surface area contributed by atoms with E-state index in [1.165, 1.54) is 6.08 Å². The van der Waals surface area contributed by atoms with Crippen LogP contribution in [0.1, 0.15) is 19.8 Å². The van der Waals surface area contributed by atoms with Gasteiger partial charge in [-0.2, -0.15) is 4.98 Å². The van der Waals surface area contributed by atoms with E-state index in [4.69, 9.17) is 4.74 Å². The molecule has 3 N–H and O–H groups in total. The molecule has 3 rings (SSSR count). The van der Waals surface area contributed by atoms with Crippen LogP contribution in [0.15, 0.2) is 67.4 Å². The molecule has 1 aromatic heterocycles. The molecule has 7 nitrogen and oxygen atoms in total. The minimum atomic E-state index is -0.609. The number of carbonyl (C=O) groups is 1. The van der Waals surface area contributed by atoms with Gasteiger partial charge in [-0.3, -0.25) is 4.79 Å². The molecule has 160 valence electrons. The van der Waals surface area contributed by atoms with Gasteiger partial charge in [0.25, 0.3) is 0 Å². The van der Waals surface area contributed by atoms with Gasteiger partial charge in [-0.15, -0.1) is 0 Å². The van der Waals surface area contributed by atoms with E-state index in [9.17, 15) is 9.18 Å². The summed E-state index contributed by atoms with van der Waals surface area (Å²) in [6.45, 7) is 6.17. The summed E-state index contributed by atoms with van der Waals surface area (Å²) < 4.78 is 20.0. The number of nitrogens with one attached hydrogen (secondary N) is 3. The zero-order valence-electron chi connectivity index (χ0n) is 17.2. The zero-order chi connectivity index (χ0) is 22.1. The third-order valence-corrected chi connectivity index (χ3v) is 4.18. The lowest BCUT2D eigenvalue weighted by Gasteiger charge is -2.11. The van der Waals surface area contributed by atoms with Crippen LogP contribution >= 0.6 is 0 Å². The Morgan fingerprint density at radius 3 is 2.65 bits per heavy atom. The van der Waals surface area contributed by atoms with Gasteiger partial charge in [-0.25, -0.2) is 9.37 Å². The predicted octanol–water partition coefficient (Wildman–Crippen LogP) is 5.41. The van der Waals surface area contributed by atoms with Crippen molar-refractivity contribution in [1.82, 2.24) is 9.97 Å². The number of ether oxygens (including phenoxy) is 1. The molecule has 1 heterocycles. The van der Waals surface area contributed by atoms with Gasteiger partial charge in [0.2, 0.25) is 11.9 Å². The van der Waals surface area contributed by atoms with Crippen molar-refractivity contribution in [2.24, 2.45) is 0 Å². The summed E-state index contributed by atoms with van der Waals surface area (Å²) in [6.07, 6.45) is 4.29. The summed E-state index contributed by atoms with van der Waals surface area (Å²) >= 11 is 0. The molecule has 0 aliphatic carbocycles. The van der Waals surface area contributed by atoms with Gasteiger partial charge in [-0.1, -0.05) is 32.1 Å². The van der Waals surface area contributed by atoms with E-state index in [0.29, 0.717) is 18.0 Å². The van der Waals surface area contributed by atoms with E-state index in [-0.39, 0.29) is 17.7 Å². The largest absolute Gasteiger partial charge is 0.494 e. The van der Waals surface area contributed by atoms with Crippen molar-refractivity contribution in [1.29, 1.82) is 0 Å². The van der Waals surface area contributed by atoms with Crippen molar-refractivity contribution < 1.29 is 13.9 Å². The Balaban J connectivity index is 1.72. The van der Waals surface area contributed by atoms with Crippen molar-refractivity contribution in [3.8, 4) is 5.75 Å². The SMILES string of the molecule is C=CC(=O)Nc1cccc(Nc2nc(Nc3cccc(OCCCC)c3)ncc2F)c1. The highest BCUT2D eigenvalue weighted by Crippen LogP contribution is 2.24. The number of nitrogens with zero attached hydrogens (tertiary/aromatic N) is 2. The van der Waals surface area contributed by atoms with Crippen LogP contribution in [0.3, 0.4) is 0 Å². The van der Waals surface area contributed by atoms with Crippen molar-refractivity contribution in [2.75, 3.05) is 22.6 Å². The number of rotatable bonds is 10. The van der Waals surface area contributed by atoms with Gasteiger partial charge < -0.3 is 20.7 Å². The third kappa shape index (κ3) is 6.53. The number of unbranched alkanes of at least 4 members (excludes halogenated alkanes) is 1. The molecule has 0 atom stereocenters. The molecule has 1 amide bonds. The molecule has 3 aromatic rings. The Morgan fingerprint density at radius 2 is 1.87 bits per heavy atom. The maximum atomic E-state index is 14.3. The molecular formula is C23H24FN5O2. The second-order valence-corrected chi connectivity index (χ2v) is 6.64. The Hall–Kier alpha value is -3.94. The first-order valence-corrected chi connectivity index (χ1v) is 9.90. The van der Waals surface area contributed by atoms with Crippen LogP contribution in [0.25, 0.3) is 0 Å². The van der Waals surface area contributed by atoms with Crippen molar-refractivity contribution >= 4 is 34.7 Å². The number of halogens is 1. The monoisotopic (exact) mass is 421 g/mol. The Morgan fingerprint density at radius 1 is 1.13 bits per heavy atom. The normalized spacial score (nSPS) is 10.3. The molecule has 0 saturated carbocycles. The van der Waals surface area contributed by atoms with E-state index in [0.717, 1.165) is 30.5 Å². The van der Waals surface area contributed by atoms with E-state index >= 15 is 0 Å². The highest BCUT2D eigenvalue weighted by atomic mass is 19.1. The number of benzene rings is 2. The van der Waals surface area contributed by atoms with Gasteiger partial charge >= 0.3 is 0 Å². The number of anilines is 5. The lowest BCUT2D eigenvalue weighted by Crippen LogP contribution is -2.07. The molecule has 0 aliphatic heterocycles. The molecule has 31 heavy (non-hydrogen) atoms.